The third kappa shape index (κ3) is 5.48. The second-order valence-corrected chi connectivity index (χ2v) is 2.64. The molecule has 0 fully saturated rings. The van der Waals surface area contributed by atoms with E-state index in [0.29, 0.717) is 6.04 Å². The van der Waals surface area contributed by atoms with Crippen molar-refractivity contribution in [3.05, 3.63) is 24.2 Å². The van der Waals surface area contributed by atoms with Crippen LogP contribution >= 0.6 is 0 Å². The van der Waals surface area contributed by atoms with Crippen LogP contribution in [-0.2, 0) is 9.59 Å². The Morgan fingerprint density at radius 2 is 1.93 bits per heavy atom. The lowest BCUT2D eigenvalue weighted by molar-refractivity contribution is -0.159. The minimum atomic E-state index is -1.82. The van der Waals surface area contributed by atoms with Crippen LogP contribution in [0.2, 0.25) is 0 Å². The summed E-state index contributed by atoms with van der Waals surface area (Å²) in [5.74, 6) is -2.66. The monoisotopic (exact) mass is 215 g/mol. The lowest BCUT2D eigenvalue weighted by atomic mass is 10.3. The van der Waals surface area contributed by atoms with Crippen molar-refractivity contribution in [2.75, 3.05) is 7.05 Å². The zero-order chi connectivity index (χ0) is 11.8. The molecule has 0 aromatic carbocycles. The number of furan rings is 1. The smallest absolute Gasteiger partial charge is 0.414 e. The lowest BCUT2D eigenvalue weighted by Gasteiger charge is -2.03. The average molecular weight is 215 g/mol. The third-order valence-corrected chi connectivity index (χ3v) is 1.59. The largest absolute Gasteiger partial charge is 0.473 e. The van der Waals surface area contributed by atoms with Gasteiger partial charge in [0.1, 0.15) is 5.76 Å². The van der Waals surface area contributed by atoms with E-state index in [4.69, 9.17) is 24.2 Å². The normalized spacial score (nSPS) is 11.1. The van der Waals surface area contributed by atoms with Crippen molar-refractivity contribution in [2.24, 2.45) is 0 Å². The molecule has 1 atom stereocenters. The van der Waals surface area contributed by atoms with Crippen molar-refractivity contribution in [2.45, 2.75) is 13.0 Å². The van der Waals surface area contributed by atoms with E-state index in [0.717, 1.165) is 5.76 Å². The number of rotatable bonds is 2. The molecule has 3 N–H and O–H groups in total. The van der Waals surface area contributed by atoms with E-state index in [1.807, 2.05) is 19.2 Å². The summed E-state index contributed by atoms with van der Waals surface area (Å²) in [6, 6.07) is 4.17. The molecule has 0 saturated heterocycles. The highest BCUT2D eigenvalue weighted by Gasteiger charge is 2.04. The van der Waals surface area contributed by atoms with Crippen LogP contribution in [0.4, 0.5) is 0 Å². The molecule has 1 aromatic heterocycles. The topological polar surface area (TPSA) is 99.8 Å². The molecule has 6 nitrogen and oxygen atoms in total. The first-order valence-corrected chi connectivity index (χ1v) is 4.16. The van der Waals surface area contributed by atoms with Gasteiger partial charge in [-0.1, -0.05) is 0 Å². The van der Waals surface area contributed by atoms with Crippen molar-refractivity contribution in [3.8, 4) is 0 Å². The molecule has 84 valence electrons. The average Bonchev–Trinajstić information content (AvgIpc) is 2.70. The molecule has 0 amide bonds. The maximum absolute atomic E-state index is 9.10. The molecule has 15 heavy (non-hydrogen) atoms. The predicted octanol–water partition coefficient (Wildman–Crippen LogP) is 0.716. The van der Waals surface area contributed by atoms with Crippen molar-refractivity contribution < 1.29 is 24.2 Å². The number of carboxylic acid groups (broad SMARTS) is 2. The summed E-state index contributed by atoms with van der Waals surface area (Å²) in [4.78, 5) is 18.2. The number of aliphatic carboxylic acids is 2. The summed E-state index contributed by atoms with van der Waals surface area (Å²) in [6.45, 7) is 2.05. The molecule has 0 saturated carbocycles. The number of hydrogen-bond acceptors (Lipinski definition) is 4. The molecular weight excluding hydrogens is 202 g/mol. The van der Waals surface area contributed by atoms with Gasteiger partial charge in [-0.15, -0.1) is 0 Å². The van der Waals surface area contributed by atoms with Crippen molar-refractivity contribution in [1.82, 2.24) is 5.32 Å². The molecule has 1 unspecified atom stereocenters. The van der Waals surface area contributed by atoms with E-state index in [1.54, 1.807) is 6.26 Å². The Morgan fingerprint density at radius 1 is 1.40 bits per heavy atom. The fourth-order valence-corrected chi connectivity index (χ4v) is 0.680. The summed E-state index contributed by atoms with van der Waals surface area (Å²) < 4.78 is 5.12. The second kappa shape index (κ2) is 6.61. The van der Waals surface area contributed by atoms with E-state index in [1.165, 1.54) is 0 Å². The van der Waals surface area contributed by atoms with Crippen molar-refractivity contribution in [3.63, 3.8) is 0 Å². The highest BCUT2D eigenvalue weighted by Crippen LogP contribution is 2.10. The molecule has 0 spiro atoms. The highest BCUT2D eigenvalue weighted by atomic mass is 16.4. The predicted molar refractivity (Wildman–Crippen MR) is 51.5 cm³/mol. The molecule has 1 aromatic rings. The first-order valence-electron chi connectivity index (χ1n) is 4.16. The van der Waals surface area contributed by atoms with Crippen LogP contribution in [0.15, 0.2) is 22.8 Å². The van der Waals surface area contributed by atoms with Crippen LogP contribution in [0.5, 0.6) is 0 Å². The molecule has 0 aliphatic rings. The second-order valence-electron chi connectivity index (χ2n) is 2.64. The zero-order valence-corrected chi connectivity index (χ0v) is 8.43. The quantitative estimate of drug-likeness (QED) is 0.628. The van der Waals surface area contributed by atoms with Gasteiger partial charge in [0.2, 0.25) is 0 Å². The van der Waals surface area contributed by atoms with Crippen LogP contribution in [0.25, 0.3) is 0 Å². The Morgan fingerprint density at radius 3 is 2.20 bits per heavy atom. The first kappa shape index (κ1) is 13.2. The number of nitrogens with one attached hydrogen (secondary N) is 1. The summed E-state index contributed by atoms with van der Waals surface area (Å²) in [5.41, 5.74) is 0. The fraction of sp³-hybridized carbons (Fsp3) is 0.333. The maximum Gasteiger partial charge on any atom is 0.414 e. The van der Waals surface area contributed by atoms with Gasteiger partial charge in [-0.3, -0.25) is 0 Å². The summed E-state index contributed by atoms with van der Waals surface area (Å²) in [6.07, 6.45) is 1.68. The van der Waals surface area contributed by atoms with E-state index in [2.05, 4.69) is 12.2 Å². The van der Waals surface area contributed by atoms with Gasteiger partial charge in [0, 0.05) is 0 Å². The van der Waals surface area contributed by atoms with E-state index in [-0.39, 0.29) is 0 Å². The van der Waals surface area contributed by atoms with Crippen LogP contribution in [0.1, 0.15) is 18.7 Å². The minimum absolute atomic E-state index is 0.319. The highest BCUT2D eigenvalue weighted by molar-refractivity contribution is 6.27. The molecule has 0 aliphatic carbocycles. The SMILES string of the molecule is CNC(C)c1ccco1.O=C(O)C(=O)O. The zero-order valence-electron chi connectivity index (χ0n) is 8.43. The number of carboxylic acids is 2. The van der Waals surface area contributed by atoms with Crippen molar-refractivity contribution in [1.29, 1.82) is 0 Å². The summed E-state index contributed by atoms with van der Waals surface area (Å²) >= 11 is 0. The van der Waals surface area contributed by atoms with Crippen molar-refractivity contribution >= 4 is 11.9 Å². The fourth-order valence-electron chi connectivity index (χ4n) is 0.680. The lowest BCUT2D eigenvalue weighted by Crippen LogP contribution is -2.10. The van der Waals surface area contributed by atoms with Crippen LogP contribution in [0, 0.1) is 0 Å². The Balaban J connectivity index is 0.000000288. The molecule has 1 rings (SSSR count). The molecule has 0 aliphatic heterocycles. The first-order chi connectivity index (χ1) is 6.99. The van der Waals surface area contributed by atoms with E-state index >= 15 is 0 Å². The Labute approximate surface area is 86.5 Å². The van der Waals surface area contributed by atoms with E-state index in [9.17, 15) is 0 Å². The molecule has 0 radical (unpaired) electrons. The molecular formula is C9H13NO5. The minimum Gasteiger partial charge on any atom is -0.473 e. The van der Waals surface area contributed by atoms with Crippen LogP contribution in [0.3, 0.4) is 0 Å². The maximum atomic E-state index is 9.10. The van der Waals surface area contributed by atoms with Gasteiger partial charge < -0.3 is 19.9 Å². The molecule has 0 bridgehead atoms. The molecule has 6 heteroatoms. The molecule has 1 heterocycles. The van der Waals surface area contributed by atoms with Crippen LogP contribution < -0.4 is 5.32 Å². The van der Waals surface area contributed by atoms with Gasteiger partial charge in [0.05, 0.1) is 12.3 Å². The van der Waals surface area contributed by atoms with Gasteiger partial charge >= 0.3 is 11.9 Å². The number of hydrogen-bond donors (Lipinski definition) is 3. The standard InChI is InChI=1S/C7H11NO.C2H2O4/c1-6(8-2)7-4-3-5-9-7;3-1(4)2(5)6/h3-6,8H,1-2H3;(H,3,4)(H,5,6). The van der Waals surface area contributed by atoms with Gasteiger partial charge in [0.15, 0.2) is 0 Å². The Kier molecular flexibility index (Phi) is 5.81. The van der Waals surface area contributed by atoms with Gasteiger partial charge in [-0.05, 0) is 26.1 Å². The van der Waals surface area contributed by atoms with Crippen LogP contribution in [-0.4, -0.2) is 29.2 Å². The Bertz CT molecular complexity index is 294. The van der Waals surface area contributed by atoms with E-state index < -0.39 is 11.9 Å². The van der Waals surface area contributed by atoms with Gasteiger partial charge in [-0.25, -0.2) is 9.59 Å². The Hall–Kier alpha value is -1.82. The van der Waals surface area contributed by atoms with Gasteiger partial charge in [-0.2, -0.15) is 0 Å². The summed E-state index contributed by atoms with van der Waals surface area (Å²) in [5, 5.41) is 17.9. The number of carbonyl (C=O) groups is 2. The summed E-state index contributed by atoms with van der Waals surface area (Å²) in [7, 11) is 1.91. The third-order valence-electron chi connectivity index (χ3n) is 1.59. The van der Waals surface area contributed by atoms with Gasteiger partial charge in [0.25, 0.3) is 0 Å².